The predicted molar refractivity (Wildman–Crippen MR) is 88.2 cm³/mol. The Morgan fingerprint density at radius 1 is 1.13 bits per heavy atom. The van der Waals surface area contributed by atoms with Gasteiger partial charge >= 0.3 is 0 Å². The van der Waals surface area contributed by atoms with E-state index in [1.807, 2.05) is 29.2 Å². The second-order valence-electron chi connectivity index (χ2n) is 6.86. The highest BCUT2D eigenvalue weighted by Crippen LogP contribution is 2.34. The van der Waals surface area contributed by atoms with Crippen molar-refractivity contribution in [2.75, 3.05) is 31.5 Å². The van der Waals surface area contributed by atoms with Gasteiger partial charge in [0.15, 0.2) is 0 Å². The van der Waals surface area contributed by atoms with E-state index < -0.39 is 0 Å². The Balaban J connectivity index is 1.54. The number of nitrogens with zero attached hydrogens (tertiary/aromatic N) is 2. The van der Waals surface area contributed by atoms with E-state index in [9.17, 15) is 9.59 Å². The minimum Gasteiger partial charge on any atom is -0.339 e. The molecule has 0 aliphatic carbocycles. The molecule has 2 atom stereocenters. The van der Waals surface area contributed by atoms with Crippen molar-refractivity contribution in [1.29, 1.82) is 0 Å². The SMILES string of the molecule is O=C1C[C@@H](C(=O)N2CCN3CCCC[C@H]3C2)c2ccccc2N1. The molecule has 3 heterocycles. The maximum absolute atomic E-state index is 13.1. The first-order valence-electron chi connectivity index (χ1n) is 8.64. The second kappa shape index (κ2) is 5.96. The van der Waals surface area contributed by atoms with Crippen molar-refractivity contribution in [3.8, 4) is 0 Å². The molecule has 23 heavy (non-hydrogen) atoms. The predicted octanol–water partition coefficient (Wildman–Crippen LogP) is 1.81. The van der Waals surface area contributed by atoms with Crippen molar-refractivity contribution in [2.45, 2.75) is 37.6 Å². The van der Waals surface area contributed by atoms with Crippen molar-refractivity contribution in [1.82, 2.24) is 9.80 Å². The third kappa shape index (κ3) is 2.74. The van der Waals surface area contributed by atoms with E-state index >= 15 is 0 Å². The summed E-state index contributed by atoms with van der Waals surface area (Å²) >= 11 is 0. The molecule has 122 valence electrons. The maximum atomic E-state index is 13.1. The highest BCUT2D eigenvalue weighted by Gasteiger charge is 2.37. The van der Waals surface area contributed by atoms with Gasteiger partial charge in [0, 0.05) is 37.8 Å². The van der Waals surface area contributed by atoms with Crippen LogP contribution in [0, 0.1) is 0 Å². The molecule has 1 N–H and O–H groups in total. The fraction of sp³-hybridized carbons (Fsp3) is 0.556. The molecular weight excluding hydrogens is 290 g/mol. The number of fused-ring (bicyclic) bond motifs is 2. The van der Waals surface area contributed by atoms with Crippen LogP contribution in [0.2, 0.25) is 0 Å². The lowest BCUT2D eigenvalue weighted by atomic mass is 9.88. The Morgan fingerprint density at radius 3 is 2.91 bits per heavy atom. The van der Waals surface area contributed by atoms with Crippen LogP contribution in [0.1, 0.15) is 37.2 Å². The van der Waals surface area contributed by atoms with Gasteiger partial charge in [0.05, 0.1) is 5.92 Å². The molecule has 5 heteroatoms. The van der Waals surface area contributed by atoms with Gasteiger partial charge in [0.25, 0.3) is 0 Å². The number of rotatable bonds is 1. The van der Waals surface area contributed by atoms with E-state index in [0.29, 0.717) is 6.04 Å². The lowest BCUT2D eigenvalue weighted by molar-refractivity contribution is -0.138. The van der Waals surface area contributed by atoms with Crippen LogP contribution in [-0.4, -0.2) is 53.8 Å². The number of hydrogen-bond acceptors (Lipinski definition) is 3. The van der Waals surface area contributed by atoms with Gasteiger partial charge in [0.2, 0.25) is 11.8 Å². The standard InChI is InChI=1S/C18H23N3O2/c22-17-11-15(14-6-1-2-7-16(14)19-17)18(23)21-10-9-20-8-4-3-5-13(20)12-21/h1-2,6-7,13,15H,3-5,8-12H2,(H,19,22)/t13-,15+/m0/s1. The molecule has 5 nitrogen and oxygen atoms in total. The van der Waals surface area contributed by atoms with Crippen LogP contribution in [-0.2, 0) is 9.59 Å². The summed E-state index contributed by atoms with van der Waals surface area (Å²) in [5.41, 5.74) is 1.75. The number of carbonyl (C=O) groups is 2. The average molecular weight is 313 g/mol. The number of piperidine rings is 1. The first-order chi connectivity index (χ1) is 11.2. The van der Waals surface area contributed by atoms with E-state index in [1.165, 1.54) is 25.8 Å². The van der Waals surface area contributed by atoms with Gasteiger partial charge in [-0.15, -0.1) is 0 Å². The summed E-state index contributed by atoms with van der Waals surface area (Å²) in [4.78, 5) is 29.5. The van der Waals surface area contributed by atoms with Gasteiger partial charge in [-0.1, -0.05) is 24.6 Å². The monoisotopic (exact) mass is 313 g/mol. The molecular formula is C18H23N3O2. The number of hydrogen-bond donors (Lipinski definition) is 1. The molecule has 0 radical (unpaired) electrons. The van der Waals surface area contributed by atoms with Crippen molar-refractivity contribution in [2.24, 2.45) is 0 Å². The van der Waals surface area contributed by atoms with Gasteiger partial charge in [-0.05, 0) is 31.0 Å². The summed E-state index contributed by atoms with van der Waals surface area (Å²) in [7, 11) is 0. The Hall–Kier alpha value is -1.88. The van der Waals surface area contributed by atoms with Crippen LogP contribution < -0.4 is 5.32 Å². The third-order valence-corrected chi connectivity index (χ3v) is 5.45. The number of anilines is 1. The van der Waals surface area contributed by atoms with Crippen molar-refractivity contribution < 1.29 is 9.59 Å². The number of carbonyl (C=O) groups excluding carboxylic acids is 2. The van der Waals surface area contributed by atoms with E-state index in [-0.39, 0.29) is 24.2 Å². The summed E-state index contributed by atoms with van der Waals surface area (Å²) in [5, 5.41) is 2.88. The average Bonchev–Trinajstić information content (AvgIpc) is 2.60. The fourth-order valence-corrected chi connectivity index (χ4v) is 4.21. The zero-order valence-corrected chi connectivity index (χ0v) is 13.3. The number of para-hydroxylation sites is 1. The van der Waals surface area contributed by atoms with Crippen molar-refractivity contribution in [3.63, 3.8) is 0 Å². The van der Waals surface area contributed by atoms with Crippen LogP contribution in [0.15, 0.2) is 24.3 Å². The van der Waals surface area contributed by atoms with Gasteiger partial charge < -0.3 is 10.2 Å². The van der Waals surface area contributed by atoms with Crippen molar-refractivity contribution in [3.05, 3.63) is 29.8 Å². The number of amides is 2. The van der Waals surface area contributed by atoms with E-state index in [2.05, 4.69) is 10.2 Å². The summed E-state index contributed by atoms with van der Waals surface area (Å²) in [6.45, 7) is 3.74. The molecule has 1 aromatic carbocycles. The molecule has 4 rings (SSSR count). The third-order valence-electron chi connectivity index (χ3n) is 5.45. The van der Waals surface area contributed by atoms with Gasteiger partial charge in [-0.2, -0.15) is 0 Å². The van der Waals surface area contributed by atoms with Crippen LogP contribution in [0.5, 0.6) is 0 Å². The Morgan fingerprint density at radius 2 is 2.00 bits per heavy atom. The van der Waals surface area contributed by atoms with Crippen LogP contribution in [0.3, 0.4) is 0 Å². The van der Waals surface area contributed by atoms with Crippen LogP contribution in [0.25, 0.3) is 0 Å². The maximum Gasteiger partial charge on any atom is 0.230 e. The molecule has 0 saturated carbocycles. The normalized spacial score (nSPS) is 27.8. The van der Waals surface area contributed by atoms with E-state index in [0.717, 1.165) is 30.9 Å². The second-order valence-corrected chi connectivity index (χ2v) is 6.86. The van der Waals surface area contributed by atoms with Gasteiger partial charge in [-0.3, -0.25) is 14.5 Å². The van der Waals surface area contributed by atoms with Gasteiger partial charge in [0.1, 0.15) is 0 Å². The first kappa shape index (κ1) is 14.7. The Kier molecular flexibility index (Phi) is 3.81. The van der Waals surface area contributed by atoms with Crippen molar-refractivity contribution >= 4 is 17.5 Å². The molecule has 0 unspecified atom stereocenters. The molecule has 2 fully saturated rings. The quantitative estimate of drug-likeness (QED) is 0.860. The van der Waals surface area contributed by atoms with E-state index in [4.69, 9.17) is 0 Å². The molecule has 0 spiro atoms. The molecule has 2 amide bonds. The fourth-order valence-electron chi connectivity index (χ4n) is 4.21. The molecule has 3 aliphatic heterocycles. The van der Waals surface area contributed by atoms with Gasteiger partial charge in [-0.25, -0.2) is 0 Å². The highest BCUT2D eigenvalue weighted by molar-refractivity contribution is 6.01. The zero-order chi connectivity index (χ0) is 15.8. The summed E-state index contributed by atoms with van der Waals surface area (Å²) in [6.07, 6.45) is 3.99. The lowest BCUT2D eigenvalue weighted by Crippen LogP contribution is -2.57. The molecule has 3 aliphatic rings. The van der Waals surface area contributed by atoms with Crippen LogP contribution in [0.4, 0.5) is 5.69 Å². The highest BCUT2D eigenvalue weighted by atomic mass is 16.2. The number of piperazine rings is 1. The summed E-state index contributed by atoms with van der Waals surface area (Å²) in [5.74, 6) is -0.258. The largest absolute Gasteiger partial charge is 0.339 e. The smallest absolute Gasteiger partial charge is 0.230 e. The molecule has 0 aromatic heterocycles. The van der Waals surface area contributed by atoms with E-state index in [1.54, 1.807) is 0 Å². The number of nitrogens with one attached hydrogen (secondary N) is 1. The Labute approximate surface area is 136 Å². The minimum atomic E-state index is -0.324. The summed E-state index contributed by atoms with van der Waals surface area (Å²) in [6, 6.07) is 8.19. The summed E-state index contributed by atoms with van der Waals surface area (Å²) < 4.78 is 0. The molecule has 1 aromatic rings. The number of benzene rings is 1. The molecule has 0 bridgehead atoms. The first-order valence-corrected chi connectivity index (χ1v) is 8.64. The topological polar surface area (TPSA) is 52.7 Å². The zero-order valence-electron chi connectivity index (χ0n) is 13.3. The Bertz CT molecular complexity index is 630. The van der Waals surface area contributed by atoms with Crippen LogP contribution >= 0.6 is 0 Å². The minimum absolute atomic E-state index is 0.0571. The lowest BCUT2D eigenvalue weighted by Gasteiger charge is -2.45. The molecule has 2 saturated heterocycles.